The van der Waals surface area contributed by atoms with Gasteiger partial charge in [0.15, 0.2) is 0 Å². The third-order valence-electron chi connectivity index (χ3n) is 6.96. The van der Waals surface area contributed by atoms with Crippen LogP contribution >= 0.6 is 0 Å². The van der Waals surface area contributed by atoms with Gasteiger partial charge in [0, 0.05) is 60.0 Å². The Morgan fingerprint density at radius 3 is 2.66 bits per heavy atom. The maximum atomic E-state index is 13.2. The zero-order chi connectivity index (χ0) is 23.8. The molecule has 2 aliphatic heterocycles. The molecule has 1 saturated heterocycles. The number of carbonyl (C=O) groups excluding carboxylic acids is 1. The largest absolute Gasteiger partial charge is 0.376 e. The smallest absolute Gasteiger partial charge is 0.253 e. The van der Waals surface area contributed by atoms with Crippen LogP contribution in [0.4, 0.5) is 5.82 Å². The molecule has 1 fully saturated rings. The molecule has 2 aliphatic rings. The molecule has 0 unspecified atom stereocenters. The quantitative estimate of drug-likeness (QED) is 0.494. The predicted molar refractivity (Wildman–Crippen MR) is 134 cm³/mol. The number of amides is 1. The number of hydrogen-bond acceptors (Lipinski definition) is 5. The van der Waals surface area contributed by atoms with Crippen LogP contribution in [0.3, 0.4) is 0 Å². The second kappa shape index (κ2) is 8.90. The molecule has 174 valence electrons. The molecule has 0 aliphatic carbocycles. The highest BCUT2D eigenvalue weighted by Gasteiger charge is 2.29. The summed E-state index contributed by atoms with van der Waals surface area (Å²) >= 11 is 0. The number of rotatable bonds is 3. The lowest BCUT2D eigenvalue weighted by Crippen LogP contribution is -2.49. The van der Waals surface area contributed by atoms with Crippen molar-refractivity contribution in [3.05, 3.63) is 83.0 Å². The molecular formula is C28H25N5O2. The number of fused-ring (bicyclic) bond motifs is 2. The second-order valence-electron chi connectivity index (χ2n) is 8.96. The Hall–Kier alpha value is -4.15. The number of aromatic nitrogens is 2. The van der Waals surface area contributed by atoms with E-state index in [0.717, 1.165) is 33.3 Å². The van der Waals surface area contributed by atoms with E-state index < -0.39 is 0 Å². The highest BCUT2D eigenvalue weighted by atomic mass is 16.5. The third-order valence-corrected chi connectivity index (χ3v) is 6.96. The Morgan fingerprint density at radius 1 is 1.03 bits per heavy atom. The average Bonchev–Trinajstić information content (AvgIpc) is 3.40. The lowest BCUT2D eigenvalue weighted by molar-refractivity contribution is 0.0746. The summed E-state index contributed by atoms with van der Waals surface area (Å²) in [6, 6.07) is 20.3. The van der Waals surface area contributed by atoms with Gasteiger partial charge in [0.25, 0.3) is 5.91 Å². The molecule has 0 atom stereocenters. The van der Waals surface area contributed by atoms with Crippen LogP contribution in [0, 0.1) is 11.3 Å². The summed E-state index contributed by atoms with van der Waals surface area (Å²) in [6.07, 6.45) is 2.58. The number of nitrogens with one attached hydrogen (secondary N) is 1. The Bertz CT molecular complexity index is 1450. The fraction of sp³-hybridized carbons (Fsp3) is 0.250. The van der Waals surface area contributed by atoms with Crippen molar-refractivity contribution in [1.29, 1.82) is 5.26 Å². The Kier molecular flexibility index (Phi) is 5.44. The van der Waals surface area contributed by atoms with Crippen LogP contribution in [-0.4, -0.2) is 53.6 Å². The van der Waals surface area contributed by atoms with Crippen LogP contribution in [0.1, 0.15) is 27.0 Å². The molecule has 0 spiro atoms. The molecule has 2 aromatic heterocycles. The number of ether oxygens (including phenoxy) is 1. The van der Waals surface area contributed by atoms with Gasteiger partial charge in [-0.1, -0.05) is 30.3 Å². The topological polar surface area (TPSA) is 85.3 Å². The molecule has 0 saturated carbocycles. The summed E-state index contributed by atoms with van der Waals surface area (Å²) in [5.74, 6) is 0.752. The fourth-order valence-corrected chi connectivity index (χ4v) is 5.11. The molecule has 7 heteroatoms. The summed E-state index contributed by atoms with van der Waals surface area (Å²) in [5.41, 5.74) is 6.31. The van der Waals surface area contributed by atoms with E-state index in [0.29, 0.717) is 62.8 Å². The van der Waals surface area contributed by atoms with Gasteiger partial charge in [-0.25, -0.2) is 4.98 Å². The number of H-pyrrole nitrogens is 1. The lowest BCUT2D eigenvalue weighted by Gasteiger charge is -2.37. The maximum Gasteiger partial charge on any atom is 0.253 e. The first-order valence-corrected chi connectivity index (χ1v) is 11.9. The van der Waals surface area contributed by atoms with Crippen molar-refractivity contribution >= 4 is 22.6 Å². The zero-order valence-corrected chi connectivity index (χ0v) is 19.3. The Morgan fingerprint density at radius 2 is 1.86 bits per heavy atom. The summed E-state index contributed by atoms with van der Waals surface area (Å²) in [7, 11) is 0. The summed E-state index contributed by atoms with van der Waals surface area (Å²) in [6.45, 7) is 3.49. The minimum atomic E-state index is 0.0359. The minimum Gasteiger partial charge on any atom is -0.376 e. The van der Waals surface area contributed by atoms with Crippen molar-refractivity contribution in [2.75, 3.05) is 37.7 Å². The fourth-order valence-electron chi connectivity index (χ4n) is 5.11. The lowest BCUT2D eigenvalue weighted by atomic mass is 9.93. The second-order valence-corrected chi connectivity index (χ2v) is 8.96. The van der Waals surface area contributed by atoms with E-state index in [1.807, 2.05) is 65.7 Å². The van der Waals surface area contributed by atoms with Gasteiger partial charge < -0.3 is 19.5 Å². The molecule has 4 aromatic rings. The van der Waals surface area contributed by atoms with Crippen LogP contribution in [0.15, 0.2) is 60.8 Å². The molecule has 35 heavy (non-hydrogen) atoms. The Labute approximate surface area is 203 Å². The van der Waals surface area contributed by atoms with Crippen LogP contribution in [0.25, 0.3) is 22.2 Å². The molecular weight excluding hydrogens is 438 g/mol. The Balaban J connectivity index is 1.29. The number of carbonyl (C=O) groups is 1. The van der Waals surface area contributed by atoms with Crippen LogP contribution in [-0.2, 0) is 17.8 Å². The van der Waals surface area contributed by atoms with Gasteiger partial charge >= 0.3 is 0 Å². The van der Waals surface area contributed by atoms with Crippen molar-refractivity contribution in [2.24, 2.45) is 0 Å². The normalized spacial score (nSPS) is 15.6. The van der Waals surface area contributed by atoms with E-state index in [1.54, 1.807) is 0 Å². The SMILES string of the molecule is N#Cc1c(N2CCN(C(=O)c3ccc4[nH]ccc4c3)CC2)nc(-c2ccccc2)c2c1CCOC2. The van der Waals surface area contributed by atoms with Gasteiger partial charge in [0.1, 0.15) is 11.9 Å². The van der Waals surface area contributed by atoms with Crippen LogP contribution in [0.2, 0.25) is 0 Å². The number of nitrogens with zero attached hydrogens (tertiary/aromatic N) is 4. The average molecular weight is 464 g/mol. The van der Waals surface area contributed by atoms with Crippen molar-refractivity contribution in [3.63, 3.8) is 0 Å². The first kappa shape index (κ1) is 21.4. The van der Waals surface area contributed by atoms with E-state index in [1.165, 1.54) is 0 Å². The molecule has 2 aromatic carbocycles. The van der Waals surface area contributed by atoms with Gasteiger partial charge in [-0.05, 0) is 36.2 Å². The molecule has 0 bridgehead atoms. The van der Waals surface area contributed by atoms with Crippen molar-refractivity contribution in [1.82, 2.24) is 14.9 Å². The monoisotopic (exact) mass is 463 g/mol. The first-order valence-electron chi connectivity index (χ1n) is 11.9. The zero-order valence-electron chi connectivity index (χ0n) is 19.3. The standard InChI is InChI=1S/C28H25N5O2/c29-17-23-22-9-15-35-18-24(22)26(19-4-2-1-3-5-19)31-27(23)32-11-13-33(14-12-32)28(34)21-6-7-25-20(16-21)8-10-30-25/h1-8,10,16,30H,9,11-15,18H2. The van der Waals surface area contributed by atoms with E-state index >= 15 is 0 Å². The molecule has 6 rings (SSSR count). The minimum absolute atomic E-state index is 0.0359. The number of aromatic amines is 1. The van der Waals surface area contributed by atoms with Gasteiger partial charge in [-0.3, -0.25) is 4.79 Å². The molecule has 4 heterocycles. The first-order chi connectivity index (χ1) is 17.2. The third kappa shape index (κ3) is 3.82. The molecule has 7 nitrogen and oxygen atoms in total. The van der Waals surface area contributed by atoms with Crippen molar-refractivity contribution < 1.29 is 9.53 Å². The van der Waals surface area contributed by atoms with Gasteiger partial charge in [-0.2, -0.15) is 5.26 Å². The number of benzene rings is 2. The van der Waals surface area contributed by atoms with Gasteiger partial charge in [-0.15, -0.1) is 0 Å². The van der Waals surface area contributed by atoms with Crippen molar-refractivity contribution in [2.45, 2.75) is 13.0 Å². The van der Waals surface area contributed by atoms with Crippen LogP contribution in [0.5, 0.6) is 0 Å². The van der Waals surface area contributed by atoms with E-state index in [4.69, 9.17) is 9.72 Å². The van der Waals surface area contributed by atoms with Gasteiger partial charge in [0.05, 0.1) is 24.5 Å². The van der Waals surface area contributed by atoms with E-state index in [2.05, 4.69) is 16.0 Å². The number of pyridine rings is 1. The number of piperazine rings is 1. The molecule has 1 amide bonds. The number of anilines is 1. The highest BCUT2D eigenvalue weighted by molar-refractivity contribution is 5.98. The number of hydrogen-bond donors (Lipinski definition) is 1. The summed E-state index contributed by atoms with van der Waals surface area (Å²) < 4.78 is 5.74. The van der Waals surface area contributed by atoms with Crippen LogP contribution < -0.4 is 4.90 Å². The maximum absolute atomic E-state index is 13.2. The predicted octanol–water partition coefficient (Wildman–Crippen LogP) is 4.14. The molecule has 1 N–H and O–H groups in total. The summed E-state index contributed by atoms with van der Waals surface area (Å²) in [4.78, 5) is 25.4. The van der Waals surface area contributed by atoms with Crippen molar-refractivity contribution in [3.8, 4) is 17.3 Å². The van der Waals surface area contributed by atoms with Gasteiger partial charge in [0.2, 0.25) is 0 Å². The van der Waals surface area contributed by atoms with E-state index in [9.17, 15) is 10.1 Å². The van der Waals surface area contributed by atoms with E-state index in [-0.39, 0.29) is 5.91 Å². The highest BCUT2D eigenvalue weighted by Crippen LogP contribution is 2.35. The molecule has 0 radical (unpaired) electrons. The number of nitriles is 1. The summed E-state index contributed by atoms with van der Waals surface area (Å²) in [5, 5.41) is 11.1.